The van der Waals surface area contributed by atoms with Crippen LogP contribution in [0.25, 0.3) is 55.3 Å². The number of para-hydroxylation sites is 3. The maximum absolute atomic E-state index is 2.74. The van der Waals surface area contributed by atoms with Gasteiger partial charge in [-0.2, -0.15) is 0 Å². The highest BCUT2D eigenvalue weighted by molar-refractivity contribution is 8.01. The molecule has 348 valence electrons. The molecule has 17 rings (SSSR count). The van der Waals surface area contributed by atoms with Gasteiger partial charge in [0.1, 0.15) is 0 Å². The van der Waals surface area contributed by atoms with Gasteiger partial charge in [0.05, 0.1) is 22.2 Å². The molecule has 0 N–H and O–H groups in total. The van der Waals surface area contributed by atoms with Crippen LogP contribution < -0.4 is 16.4 Å². The largest absolute Gasteiger partial charge is 0.313 e. The molecule has 7 aliphatic rings. The van der Waals surface area contributed by atoms with E-state index in [0.29, 0.717) is 5.92 Å². The summed E-state index contributed by atoms with van der Waals surface area (Å²) in [5, 5.41) is 4.30. The third kappa shape index (κ3) is 5.69. The van der Waals surface area contributed by atoms with E-state index in [4.69, 9.17) is 0 Å². The van der Waals surface area contributed by atoms with Crippen molar-refractivity contribution in [2.24, 2.45) is 0 Å². The predicted octanol–water partition coefficient (Wildman–Crippen LogP) is 14.7. The maximum Gasteiger partial charge on any atom is 0.247 e. The molecule has 10 aromatic rings. The van der Waals surface area contributed by atoms with Crippen LogP contribution in [0.15, 0.2) is 165 Å². The zero-order valence-electron chi connectivity index (χ0n) is 40.7. The summed E-state index contributed by atoms with van der Waals surface area (Å²) in [5.41, 5.74) is 29.5. The second-order valence-electron chi connectivity index (χ2n) is 22.0. The molecular formula is C66H54BN3S2. The van der Waals surface area contributed by atoms with E-state index in [1.807, 2.05) is 0 Å². The molecule has 5 aliphatic carbocycles. The van der Waals surface area contributed by atoms with E-state index in [9.17, 15) is 0 Å². The van der Waals surface area contributed by atoms with Gasteiger partial charge >= 0.3 is 0 Å². The van der Waals surface area contributed by atoms with Crippen LogP contribution in [-0.2, 0) is 38.5 Å². The van der Waals surface area contributed by atoms with Crippen molar-refractivity contribution in [3.63, 3.8) is 0 Å². The second-order valence-corrected chi connectivity index (χ2v) is 24.1. The minimum Gasteiger partial charge on any atom is -0.313 e. The lowest BCUT2D eigenvalue weighted by Crippen LogP contribution is -2.58. The van der Waals surface area contributed by atoms with E-state index < -0.39 is 0 Å². The Bertz CT molecular complexity index is 4060. The summed E-state index contributed by atoms with van der Waals surface area (Å²) < 4.78 is 8.08. The molecule has 7 aromatic carbocycles. The molecule has 1 unspecified atom stereocenters. The summed E-state index contributed by atoms with van der Waals surface area (Å²) in [4.78, 5) is 5.72. The number of hydrogen-bond donors (Lipinski definition) is 0. The first-order valence-electron chi connectivity index (χ1n) is 27.2. The van der Waals surface area contributed by atoms with Crippen molar-refractivity contribution < 1.29 is 0 Å². The number of benzene rings is 7. The third-order valence-corrected chi connectivity index (χ3v) is 20.7. The molecule has 3 aromatic heterocycles. The first kappa shape index (κ1) is 41.2. The van der Waals surface area contributed by atoms with Crippen molar-refractivity contribution in [3.05, 3.63) is 196 Å². The molecule has 6 heteroatoms. The monoisotopic (exact) mass is 963 g/mol. The van der Waals surface area contributed by atoms with Gasteiger partial charge in [-0.1, -0.05) is 131 Å². The van der Waals surface area contributed by atoms with E-state index >= 15 is 0 Å². The normalized spacial score (nSPS) is 18.2. The molecule has 0 saturated heterocycles. The minimum atomic E-state index is 0.0906. The fraction of sp³-hybridized carbons (Fsp3) is 0.242. The zero-order chi connectivity index (χ0) is 46.8. The van der Waals surface area contributed by atoms with Crippen LogP contribution in [0.4, 0.5) is 0 Å². The van der Waals surface area contributed by atoms with Gasteiger partial charge in [-0.15, -0.1) is 0 Å². The number of rotatable bonds is 4. The molecule has 2 aliphatic heterocycles. The standard InChI is InChI=1S/C66H54BN3S2/c1-2-16-42-43-17-4-5-23-51(43)64(50(42)22-3-1)39-34-62-65-63(35-39)72-66-53(67(65)52-33-32-40(38-61(52)71-62)68-54-26-10-6-18-44(54)45-19-7-11-27-55(45)68)36-41(69-56-28-12-8-20-46(56)48-24-14-30-57(48)69)37-60(66)70-58-29-13-9-21-47(58)49-25-15-31-59(49)70/h4-6,8-10,12-13,17-18,20-21,23,26,28-29,32-38,64H,1-3,7,11,14-16,19,22,24-25,27,30-31H2. The lowest BCUT2D eigenvalue weighted by molar-refractivity contribution is 0.666. The number of hydrogen-bond acceptors (Lipinski definition) is 2. The molecule has 0 spiro atoms. The SMILES string of the molecule is c1ccc2c(c1)C1=C(CCCCC1)C2c1cc2c3c(c1)Sc1c(cc(-n4c5c(c6ccccc64)CCC5)cc1-n1c4c(c5ccccc51)CCC4)B3c1ccc(-n3c4c(c5ccccc53)CCCC4)cc1S2. The van der Waals surface area contributed by atoms with Gasteiger partial charge in [-0.05, 0) is 189 Å². The van der Waals surface area contributed by atoms with Crippen molar-refractivity contribution in [1.82, 2.24) is 13.7 Å². The summed E-state index contributed by atoms with van der Waals surface area (Å²) >= 11 is 4.13. The van der Waals surface area contributed by atoms with Gasteiger partial charge in [0.15, 0.2) is 0 Å². The fourth-order valence-corrected chi connectivity index (χ4v) is 18.2. The second kappa shape index (κ2) is 15.6. The quantitative estimate of drug-likeness (QED) is 0.163. The lowest BCUT2D eigenvalue weighted by atomic mass is 9.36. The number of nitrogens with zero attached hydrogens (tertiary/aromatic N) is 3. The number of allylic oxidation sites excluding steroid dienone is 2. The molecule has 0 saturated carbocycles. The Morgan fingerprint density at radius 2 is 1.01 bits per heavy atom. The van der Waals surface area contributed by atoms with Crippen LogP contribution in [0, 0.1) is 0 Å². The summed E-state index contributed by atoms with van der Waals surface area (Å²) in [6.45, 7) is 0.0906. The highest BCUT2D eigenvalue weighted by Crippen LogP contribution is 2.53. The molecule has 0 bridgehead atoms. The van der Waals surface area contributed by atoms with Crippen molar-refractivity contribution in [2.75, 3.05) is 0 Å². The Morgan fingerprint density at radius 3 is 1.76 bits per heavy atom. The third-order valence-electron chi connectivity index (χ3n) is 18.4. The summed E-state index contributed by atoms with van der Waals surface area (Å²) in [7, 11) is 0. The Hall–Kier alpha value is -6.34. The van der Waals surface area contributed by atoms with Crippen LogP contribution in [0.3, 0.4) is 0 Å². The highest BCUT2D eigenvalue weighted by Gasteiger charge is 2.43. The molecule has 5 heterocycles. The fourth-order valence-electron chi connectivity index (χ4n) is 15.5. The summed E-state index contributed by atoms with van der Waals surface area (Å²) in [6.07, 6.45) is 18.1. The van der Waals surface area contributed by atoms with Gasteiger partial charge in [-0.3, -0.25) is 0 Å². The first-order valence-corrected chi connectivity index (χ1v) is 28.9. The zero-order valence-corrected chi connectivity index (χ0v) is 42.3. The predicted molar refractivity (Wildman–Crippen MR) is 302 cm³/mol. The van der Waals surface area contributed by atoms with E-state index in [2.05, 4.69) is 177 Å². The van der Waals surface area contributed by atoms with Crippen LogP contribution in [-0.4, -0.2) is 20.4 Å². The van der Waals surface area contributed by atoms with Gasteiger partial charge in [0.25, 0.3) is 0 Å². The number of aryl methyl sites for hydroxylation is 3. The van der Waals surface area contributed by atoms with Crippen molar-refractivity contribution >= 4 is 84.9 Å². The van der Waals surface area contributed by atoms with Gasteiger partial charge < -0.3 is 13.7 Å². The molecule has 72 heavy (non-hydrogen) atoms. The molecule has 0 radical (unpaired) electrons. The van der Waals surface area contributed by atoms with E-state index in [1.54, 1.807) is 27.8 Å². The Labute approximate surface area is 430 Å². The van der Waals surface area contributed by atoms with Gasteiger partial charge in [-0.25, -0.2) is 0 Å². The Kier molecular flexibility index (Phi) is 8.91. The Balaban J connectivity index is 0.952. The van der Waals surface area contributed by atoms with E-state index in [0.717, 1.165) is 32.1 Å². The average molecular weight is 964 g/mol. The molecule has 0 amide bonds. The Morgan fingerprint density at radius 1 is 0.431 bits per heavy atom. The molecular weight excluding hydrogens is 910 g/mol. The van der Waals surface area contributed by atoms with E-state index in [1.165, 1.54) is 184 Å². The lowest BCUT2D eigenvalue weighted by Gasteiger charge is -2.36. The van der Waals surface area contributed by atoms with Crippen LogP contribution in [0.1, 0.15) is 114 Å². The first-order chi connectivity index (χ1) is 35.7. The summed E-state index contributed by atoms with van der Waals surface area (Å²) in [6, 6.07) is 55.6. The van der Waals surface area contributed by atoms with Crippen LogP contribution in [0.2, 0.25) is 0 Å². The smallest absolute Gasteiger partial charge is 0.247 e. The minimum absolute atomic E-state index is 0.0906. The van der Waals surface area contributed by atoms with E-state index in [-0.39, 0.29) is 6.71 Å². The topological polar surface area (TPSA) is 14.8 Å². The maximum atomic E-state index is 2.74. The highest BCUT2D eigenvalue weighted by atomic mass is 32.2. The number of aromatic nitrogens is 3. The molecule has 3 nitrogen and oxygen atoms in total. The molecule has 1 atom stereocenters. The average Bonchev–Trinajstić information content (AvgIpc) is 4.27. The molecule has 0 fully saturated rings. The van der Waals surface area contributed by atoms with Gasteiger partial charge in [0.2, 0.25) is 6.71 Å². The number of fused-ring (bicyclic) bond motifs is 15. The van der Waals surface area contributed by atoms with Gasteiger partial charge in [0, 0.05) is 70.1 Å². The van der Waals surface area contributed by atoms with Crippen molar-refractivity contribution in [1.29, 1.82) is 0 Å². The van der Waals surface area contributed by atoms with Crippen molar-refractivity contribution in [2.45, 2.75) is 122 Å². The van der Waals surface area contributed by atoms with Crippen LogP contribution in [0.5, 0.6) is 0 Å². The van der Waals surface area contributed by atoms with Crippen molar-refractivity contribution in [3.8, 4) is 17.1 Å². The van der Waals surface area contributed by atoms with Crippen LogP contribution >= 0.6 is 23.5 Å². The summed E-state index contributed by atoms with van der Waals surface area (Å²) in [5.74, 6) is 0.296.